The standard InChI is InChI=1S/C20H24N2/c1-2-3-4-11-16-20(22-19-14-9-6-10-15-19)21-17-18-12-7-5-8-13-18/h5-10,12-15,17H,2-4,11,16H2,1H3. The van der Waals surface area contributed by atoms with Gasteiger partial charge in [-0.3, -0.25) is 0 Å². The van der Waals surface area contributed by atoms with Crippen LogP contribution in [0.2, 0.25) is 0 Å². The normalized spacial score (nSPS) is 12.0. The molecule has 2 aromatic rings. The van der Waals surface area contributed by atoms with E-state index in [-0.39, 0.29) is 0 Å². The van der Waals surface area contributed by atoms with Crippen molar-refractivity contribution in [3.63, 3.8) is 0 Å². The molecule has 0 amide bonds. The van der Waals surface area contributed by atoms with Crippen molar-refractivity contribution in [2.75, 3.05) is 0 Å². The van der Waals surface area contributed by atoms with E-state index in [1.54, 1.807) is 0 Å². The lowest BCUT2D eigenvalue weighted by Crippen LogP contribution is -1.96. The number of unbranched alkanes of at least 4 members (excludes halogenated alkanes) is 3. The molecule has 0 fully saturated rings. The molecule has 0 saturated heterocycles. The first-order valence-corrected chi connectivity index (χ1v) is 8.10. The molecule has 114 valence electrons. The second-order valence-corrected chi connectivity index (χ2v) is 5.34. The van der Waals surface area contributed by atoms with Crippen molar-refractivity contribution < 1.29 is 0 Å². The lowest BCUT2D eigenvalue weighted by molar-refractivity contribution is 0.682. The molecule has 0 aliphatic carbocycles. The molecule has 2 heteroatoms. The number of hydrogen-bond donors (Lipinski definition) is 0. The Morgan fingerprint density at radius 1 is 0.864 bits per heavy atom. The highest BCUT2D eigenvalue weighted by Crippen LogP contribution is 2.13. The highest BCUT2D eigenvalue weighted by molar-refractivity contribution is 5.95. The number of nitrogens with zero attached hydrogens (tertiary/aromatic N) is 2. The third kappa shape index (κ3) is 6.04. The van der Waals surface area contributed by atoms with E-state index in [0.717, 1.165) is 29.9 Å². The molecule has 0 atom stereocenters. The molecule has 0 spiro atoms. The van der Waals surface area contributed by atoms with Crippen LogP contribution in [-0.2, 0) is 0 Å². The van der Waals surface area contributed by atoms with Gasteiger partial charge in [-0.2, -0.15) is 0 Å². The Hall–Kier alpha value is -2.22. The van der Waals surface area contributed by atoms with Gasteiger partial charge in [-0.05, 0) is 24.1 Å². The molecule has 0 radical (unpaired) electrons. The van der Waals surface area contributed by atoms with Gasteiger partial charge in [-0.15, -0.1) is 0 Å². The van der Waals surface area contributed by atoms with Gasteiger partial charge in [-0.25, -0.2) is 9.98 Å². The molecule has 0 aromatic heterocycles. The SMILES string of the molecule is CCCCCCC(N=Cc1ccccc1)=Nc1ccccc1. The number of aliphatic imine (C=N–C) groups is 2. The quantitative estimate of drug-likeness (QED) is 0.350. The molecule has 0 aliphatic rings. The topological polar surface area (TPSA) is 24.7 Å². The van der Waals surface area contributed by atoms with Crippen molar-refractivity contribution in [3.05, 3.63) is 66.2 Å². The monoisotopic (exact) mass is 292 g/mol. The van der Waals surface area contributed by atoms with Crippen LogP contribution in [0.4, 0.5) is 5.69 Å². The molecule has 0 aliphatic heterocycles. The second-order valence-electron chi connectivity index (χ2n) is 5.34. The highest BCUT2D eigenvalue weighted by atomic mass is 14.9. The lowest BCUT2D eigenvalue weighted by atomic mass is 10.1. The van der Waals surface area contributed by atoms with Gasteiger partial charge >= 0.3 is 0 Å². The van der Waals surface area contributed by atoms with E-state index in [1.165, 1.54) is 19.3 Å². The fraction of sp³-hybridized carbons (Fsp3) is 0.300. The fourth-order valence-corrected chi connectivity index (χ4v) is 2.20. The minimum atomic E-state index is 0.908. The minimum absolute atomic E-state index is 0.908. The maximum atomic E-state index is 4.69. The maximum absolute atomic E-state index is 4.69. The van der Waals surface area contributed by atoms with Gasteiger partial charge in [0.05, 0.1) is 5.69 Å². The van der Waals surface area contributed by atoms with Gasteiger partial charge in [0.15, 0.2) is 0 Å². The average Bonchev–Trinajstić information content (AvgIpc) is 2.58. The van der Waals surface area contributed by atoms with Crippen LogP contribution < -0.4 is 0 Å². The summed E-state index contributed by atoms with van der Waals surface area (Å²) in [6.45, 7) is 2.23. The average molecular weight is 292 g/mol. The zero-order chi connectivity index (χ0) is 15.5. The van der Waals surface area contributed by atoms with Gasteiger partial charge in [0, 0.05) is 12.6 Å². The first-order chi connectivity index (χ1) is 10.9. The van der Waals surface area contributed by atoms with Gasteiger partial charge < -0.3 is 0 Å². The fourth-order valence-electron chi connectivity index (χ4n) is 2.20. The summed E-state index contributed by atoms with van der Waals surface area (Å²) in [5.41, 5.74) is 2.08. The summed E-state index contributed by atoms with van der Waals surface area (Å²) in [7, 11) is 0. The Bertz CT molecular complexity index is 586. The molecule has 22 heavy (non-hydrogen) atoms. The molecule has 0 heterocycles. The molecule has 2 nitrogen and oxygen atoms in total. The Morgan fingerprint density at radius 3 is 2.23 bits per heavy atom. The van der Waals surface area contributed by atoms with E-state index < -0.39 is 0 Å². The van der Waals surface area contributed by atoms with Crippen LogP contribution >= 0.6 is 0 Å². The molecule has 0 unspecified atom stereocenters. The minimum Gasteiger partial charge on any atom is -0.241 e. The highest BCUT2D eigenvalue weighted by Gasteiger charge is 1.98. The van der Waals surface area contributed by atoms with Gasteiger partial charge in [0.2, 0.25) is 0 Å². The third-order valence-electron chi connectivity index (χ3n) is 3.43. The maximum Gasteiger partial charge on any atom is 0.128 e. The molecule has 0 bridgehead atoms. The van der Waals surface area contributed by atoms with E-state index in [2.05, 4.69) is 24.0 Å². The van der Waals surface area contributed by atoms with E-state index in [9.17, 15) is 0 Å². The summed E-state index contributed by atoms with van der Waals surface area (Å²) in [4.78, 5) is 9.30. The number of para-hydroxylation sites is 1. The molecule has 0 N–H and O–H groups in total. The van der Waals surface area contributed by atoms with Gasteiger partial charge in [-0.1, -0.05) is 74.7 Å². The molecular formula is C20H24N2. The van der Waals surface area contributed by atoms with Gasteiger partial charge in [0.25, 0.3) is 0 Å². The zero-order valence-electron chi connectivity index (χ0n) is 13.3. The van der Waals surface area contributed by atoms with Crippen LogP contribution in [0.5, 0.6) is 0 Å². The molecule has 0 saturated carbocycles. The van der Waals surface area contributed by atoms with Crippen molar-refractivity contribution in [1.82, 2.24) is 0 Å². The third-order valence-corrected chi connectivity index (χ3v) is 3.43. The Labute approximate surface area is 133 Å². The predicted molar refractivity (Wildman–Crippen MR) is 96.3 cm³/mol. The van der Waals surface area contributed by atoms with Crippen molar-refractivity contribution in [1.29, 1.82) is 0 Å². The second kappa shape index (κ2) is 9.67. The number of hydrogen-bond acceptors (Lipinski definition) is 1. The van der Waals surface area contributed by atoms with Crippen molar-refractivity contribution in [3.8, 4) is 0 Å². The van der Waals surface area contributed by atoms with Crippen LogP contribution in [0.3, 0.4) is 0 Å². The van der Waals surface area contributed by atoms with Crippen LogP contribution in [0.25, 0.3) is 0 Å². The summed E-state index contributed by atoms with van der Waals surface area (Å²) < 4.78 is 0. The Kier molecular flexibility index (Phi) is 7.10. The van der Waals surface area contributed by atoms with Crippen molar-refractivity contribution >= 4 is 17.7 Å². The summed E-state index contributed by atoms with van der Waals surface area (Å²) in [5, 5.41) is 0. The summed E-state index contributed by atoms with van der Waals surface area (Å²) in [6, 6.07) is 20.2. The molecular weight excluding hydrogens is 268 g/mol. The predicted octanol–water partition coefficient (Wildman–Crippen LogP) is 5.81. The van der Waals surface area contributed by atoms with Crippen molar-refractivity contribution in [2.45, 2.75) is 39.0 Å². The van der Waals surface area contributed by atoms with Crippen LogP contribution in [0.15, 0.2) is 70.6 Å². The van der Waals surface area contributed by atoms with Gasteiger partial charge in [0.1, 0.15) is 5.84 Å². The van der Waals surface area contributed by atoms with Crippen LogP contribution in [0.1, 0.15) is 44.6 Å². The van der Waals surface area contributed by atoms with E-state index >= 15 is 0 Å². The van der Waals surface area contributed by atoms with E-state index in [4.69, 9.17) is 4.99 Å². The Balaban J connectivity index is 2.07. The summed E-state index contributed by atoms with van der Waals surface area (Å²) >= 11 is 0. The molecule has 2 rings (SSSR count). The molecule has 2 aromatic carbocycles. The first-order valence-electron chi connectivity index (χ1n) is 8.10. The van der Waals surface area contributed by atoms with Crippen LogP contribution in [0, 0.1) is 0 Å². The van der Waals surface area contributed by atoms with Crippen molar-refractivity contribution in [2.24, 2.45) is 9.98 Å². The van der Waals surface area contributed by atoms with E-state index in [1.807, 2.05) is 54.7 Å². The van der Waals surface area contributed by atoms with Crippen LogP contribution in [-0.4, -0.2) is 12.1 Å². The smallest absolute Gasteiger partial charge is 0.128 e. The number of amidine groups is 1. The lowest BCUT2D eigenvalue weighted by Gasteiger charge is -2.02. The zero-order valence-corrected chi connectivity index (χ0v) is 13.3. The number of rotatable bonds is 7. The first kappa shape index (κ1) is 16.2. The Morgan fingerprint density at radius 2 is 1.55 bits per heavy atom. The number of benzene rings is 2. The summed E-state index contributed by atoms with van der Waals surface area (Å²) in [6.07, 6.45) is 7.75. The largest absolute Gasteiger partial charge is 0.241 e. The summed E-state index contributed by atoms with van der Waals surface area (Å²) in [5.74, 6) is 0.908. The van der Waals surface area contributed by atoms with E-state index in [0.29, 0.717) is 0 Å².